The SMILES string of the molecule is CC(C)c1ccc2c(c1)COC2(C)CN(C)C(C)C. The Hall–Kier alpha value is -0.860. The van der Waals surface area contributed by atoms with E-state index in [-0.39, 0.29) is 5.60 Å². The number of likely N-dealkylation sites (N-methyl/N-ethyl adjacent to an activating group) is 1. The third kappa shape index (κ3) is 2.85. The molecule has 0 spiro atoms. The molecule has 0 aromatic heterocycles. The average molecular weight is 261 g/mol. The van der Waals surface area contributed by atoms with E-state index in [1.807, 2.05) is 0 Å². The maximum Gasteiger partial charge on any atom is 0.104 e. The van der Waals surface area contributed by atoms with Crippen LogP contribution in [0.2, 0.25) is 0 Å². The standard InChI is InChI=1S/C17H27NO/c1-12(2)14-7-8-16-15(9-14)10-19-17(16,5)11-18(6)13(3)4/h7-9,12-13H,10-11H2,1-6H3. The Morgan fingerprint density at radius 2 is 1.95 bits per heavy atom. The summed E-state index contributed by atoms with van der Waals surface area (Å²) in [6.07, 6.45) is 0. The van der Waals surface area contributed by atoms with Crippen molar-refractivity contribution in [3.05, 3.63) is 34.9 Å². The summed E-state index contributed by atoms with van der Waals surface area (Å²) in [5, 5.41) is 0. The van der Waals surface area contributed by atoms with Crippen LogP contribution in [0.3, 0.4) is 0 Å². The second kappa shape index (κ2) is 5.26. The highest BCUT2D eigenvalue weighted by atomic mass is 16.5. The van der Waals surface area contributed by atoms with E-state index in [0.29, 0.717) is 12.0 Å². The first-order valence-corrected chi connectivity index (χ1v) is 7.31. The fourth-order valence-corrected chi connectivity index (χ4v) is 2.71. The van der Waals surface area contributed by atoms with E-state index in [1.54, 1.807) is 0 Å². The van der Waals surface area contributed by atoms with Crippen LogP contribution in [0.15, 0.2) is 18.2 Å². The van der Waals surface area contributed by atoms with Gasteiger partial charge in [0.25, 0.3) is 0 Å². The molecule has 2 rings (SSSR count). The molecule has 1 aliphatic heterocycles. The van der Waals surface area contributed by atoms with Gasteiger partial charge in [-0.1, -0.05) is 32.0 Å². The van der Waals surface area contributed by atoms with Crippen LogP contribution in [0.25, 0.3) is 0 Å². The van der Waals surface area contributed by atoms with Gasteiger partial charge in [0.05, 0.1) is 6.61 Å². The largest absolute Gasteiger partial charge is 0.365 e. The van der Waals surface area contributed by atoms with Crippen LogP contribution in [0.1, 0.15) is 57.2 Å². The number of ether oxygens (including phenoxy) is 1. The molecule has 19 heavy (non-hydrogen) atoms. The fourth-order valence-electron chi connectivity index (χ4n) is 2.71. The van der Waals surface area contributed by atoms with Crippen LogP contribution >= 0.6 is 0 Å². The molecule has 1 aromatic carbocycles. The molecule has 106 valence electrons. The molecule has 2 nitrogen and oxygen atoms in total. The number of fused-ring (bicyclic) bond motifs is 1. The van der Waals surface area contributed by atoms with Crippen molar-refractivity contribution in [1.82, 2.24) is 4.90 Å². The van der Waals surface area contributed by atoms with Gasteiger partial charge < -0.3 is 9.64 Å². The molecule has 0 aliphatic carbocycles. The van der Waals surface area contributed by atoms with Crippen molar-refractivity contribution in [1.29, 1.82) is 0 Å². The minimum Gasteiger partial charge on any atom is -0.365 e. The molecule has 0 N–H and O–H groups in total. The Bertz CT molecular complexity index is 453. The van der Waals surface area contributed by atoms with Crippen molar-refractivity contribution in [3.8, 4) is 0 Å². The van der Waals surface area contributed by atoms with Gasteiger partial charge in [-0.15, -0.1) is 0 Å². The van der Waals surface area contributed by atoms with Crippen LogP contribution in [-0.2, 0) is 16.9 Å². The zero-order chi connectivity index (χ0) is 14.2. The van der Waals surface area contributed by atoms with Gasteiger partial charge in [0.15, 0.2) is 0 Å². The van der Waals surface area contributed by atoms with Crippen molar-refractivity contribution in [2.24, 2.45) is 0 Å². The summed E-state index contributed by atoms with van der Waals surface area (Å²) in [6, 6.07) is 7.39. The third-order valence-electron chi connectivity index (χ3n) is 4.34. The van der Waals surface area contributed by atoms with Crippen molar-refractivity contribution in [3.63, 3.8) is 0 Å². The normalized spacial score (nSPS) is 22.6. The minimum absolute atomic E-state index is 0.163. The summed E-state index contributed by atoms with van der Waals surface area (Å²) in [6.45, 7) is 12.8. The second-order valence-electron chi connectivity index (χ2n) is 6.60. The molecule has 0 fully saturated rings. The smallest absolute Gasteiger partial charge is 0.104 e. The molecule has 2 heteroatoms. The summed E-state index contributed by atoms with van der Waals surface area (Å²) < 4.78 is 6.12. The van der Waals surface area contributed by atoms with Gasteiger partial charge >= 0.3 is 0 Å². The molecule has 0 saturated heterocycles. The van der Waals surface area contributed by atoms with E-state index in [0.717, 1.165) is 13.2 Å². The van der Waals surface area contributed by atoms with E-state index in [9.17, 15) is 0 Å². The van der Waals surface area contributed by atoms with Crippen molar-refractivity contribution >= 4 is 0 Å². The maximum atomic E-state index is 6.12. The Labute approximate surface area is 117 Å². The average Bonchev–Trinajstić information content (AvgIpc) is 2.66. The lowest BCUT2D eigenvalue weighted by molar-refractivity contribution is -0.0470. The van der Waals surface area contributed by atoms with Gasteiger partial charge in [0.2, 0.25) is 0 Å². The first-order chi connectivity index (χ1) is 8.83. The number of hydrogen-bond donors (Lipinski definition) is 0. The third-order valence-corrected chi connectivity index (χ3v) is 4.34. The molecule has 1 aliphatic rings. The summed E-state index contributed by atoms with van der Waals surface area (Å²) >= 11 is 0. The highest BCUT2D eigenvalue weighted by Crippen LogP contribution is 2.38. The fraction of sp³-hybridized carbons (Fsp3) is 0.647. The molecule has 1 unspecified atom stereocenters. The highest BCUT2D eigenvalue weighted by Gasteiger charge is 2.36. The quantitative estimate of drug-likeness (QED) is 0.815. The van der Waals surface area contributed by atoms with E-state index in [2.05, 4.69) is 64.8 Å². The van der Waals surface area contributed by atoms with Gasteiger partial charge in [0, 0.05) is 12.6 Å². The zero-order valence-electron chi connectivity index (χ0n) is 13.2. The molecule has 1 atom stereocenters. The van der Waals surface area contributed by atoms with Crippen LogP contribution in [0, 0.1) is 0 Å². The summed E-state index contributed by atoms with van der Waals surface area (Å²) in [5.41, 5.74) is 3.98. The molecule has 1 aromatic rings. The molecular weight excluding hydrogens is 234 g/mol. The topological polar surface area (TPSA) is 12.5 Å². The van der Waals surface area contributed by atoms with Gasteiger partial charge in [0.1, 0.15) is 5.60 Å². The van der Waals surface area contributed by atoms with Gasteiger partial charge in [-0.25, -0.2) is 0 Å². The summed E-state index contributed by atoms with van der Waals surface area (Å²) in [7, 11) is 2.17. The summed E-state index contributed by atoms with van der Waals surface area (Å²) in [4.78, 5) is 2.35. The Balaban J connectivity index is 2.26. The highest BCUT2D eigenvalue weighted by molar-refractivity contribution is 5.39. The maximum absolute atomic E-state index is 6.12. The van der Waals surface area contributed by atoms with Crippen molar-refractivity contribution < 1.29 is 4.74 Å². The van der Waals surface area contributed by atoms with Crippen LogP contribution < -0.4 is 0 Å². The second-order valence-corrected chi connectivity index (χ2v) is 6.60. The van der Waals surface area contributed by atoms with Gasteiger partial charge in [-0.05, 0) is 50.4 Å². The van der Waals surface area contributed by atoms with Crippen molar-refractivity contribution in [2.75, 3.05) is 13.6 Å². The molecular formula is C17H27NO. The Kier molecular flexibility index (Phi) is 4.03. The van der Waals surface area contributed by atoms with Gasteiger partial charge in [-0.3, -0.25) is 0 Å². The number of rotatable bonds is 4. The van der Waals surface area contributed by atoms with E-state index in [4.69, 9.17) is 4.74 Å². The summed E-state index contributed by atoms with van der Waals surface area (Å²) in [5.74, 6) is 0.579. The van der Waals surface area contributed by atoms with Crippen LogP contribution in [0.5, 0.6) is 0 Å². The molecule has 1 heterocycles. The molecule has 0 radical (unpaired) electrons. The molecule has 0 amide bonds. The monoisotopic (exact) mass is 261 g/mol. The first kappa shape index (κ1) is 14.5. The Morgan fingerprint density at radius 3 is 2.53 bits per heavy atom. The van der Waals surface area contributed by atoms with Crippen molar-refractivity contribution in [2.45, 2.75) is 58.8 Å². The van der Waals surface area contributed by atoms with Gasteiger partial charge in [-0.2, -0.15) is 0 Å². The number of nitrogens with zero attached hydrogens (tertiary/aromatic N) is 1. The first-order valence-electron chi connectivity index (χ1n) is 7.31. The van der Waals surface area contributed by atoms with Crippen LogP contribution in [-0.4, -0.2) is 24.5 Å². The van der Waals surface area contributed by atoms with E-state index < -0.39 is 0 Å². The lowest BCUT2D eigenvalue weighted by Gasteiger charge is -2.32. The zero-order valence-corrected chi connectivity index (χ0v) is 13.2. The number of hydrogen-bond acceptors (Lipinski definition) is 2. The molecule has 0 bridgehead atoms. The van der Waals surface area contributed by atoms with Crippen LogP contribution in [0.4, 0.5) is 0 Å². The van der Waals surface area contributed by atoms with E-state index >= 15 is 0 Å². The molecule has 0 saturated carbocycles. The minimum atomic E-state index is -0.163. The van der Waals surface area contributed by atoms with E-state index in [1.165, 1.54) is 16.7 Å². The Morgan fingerprint density at radius 1 is 1.26 bits per heavy atom. The lowest BCUT2D eigenvalue weighted by Crippen LogP contribution is -2.39. The number of benzene rings is 1. The predicted octanol–water partition coefficient (Wildman–Crippen LogP) is 3.90. The predicted molar refractivity (Wildman–Crippen MR) is 80.4 cm³/mol. The lowest BCUT2D eigenvalue weighted by atomic mass is 9.90.